The fraction of sp³-hybridized carbons (Fsp3) is 0.273. The number of allylic oxidation sites excluding steroid dienone is 1. The van der Waals surface area contributed by atoms with Gasteiger partial charge in [0.2, 0.25) is 0 Å². The Morgan fingerprint density at radius 3 is 3.00 bits per heavy atom. The minimum Gasteiger partial charge on any atom is -0.508 e. The molecule has 0 atom stereocenters. The van der Waals surface area contributed by atoms with Crippen LogP contribution in [0.3, 0.4) is 0 Å². The first-order valence-electron chi connectivity index (χ1n) is 4.38. The molecule has 2 heteroatoms. The lowest BCUT2D eigenvalue weighted by atomic mass is 9.95. The summed E-state index contributed by atoms with van der Waals surface area (Å²) in [5.41, 5.74) is 2.02. The minimum absolute atomic E-state index is 0.375. The molecule has 0 fully saturated rings. The first-order chi connectivity index (χ1) is 6.33. The monoisotopic (exact) mass is 176 g/mol. The van der Waals surface area contributed by atoms with Gasteiger partial charge >= 0.3 is 0 Å². The summed E-state index contributed by atoms with van der Waals surface area (Å²) in [6.07, 6.45) is 3.68. The molecule has 1 aromatic rings. The first kappa shape index (κ1) is 8.17. The summed E-state index contributed by atoms with van der Waals surface area (Å²) in [6.45, 7) is 0. The number of hydrogen-bond donors (Lipinski definition) is 1. The number of methoxy groups -OCH3 is 1. The molecule has 0 saturated carbocycles. The molecular formula is C11H12O2. The Balaban J connectivity index is 2.57. The molecule has 1 N–H and O–H groups in total. The highest BCUT2D eigenvalue weighted by molar-refractivity contribution is 5.66. The van der Waals surface area contributed by atoms with Crippen molar-refractivity contribution in [1.82, 2.24) is 0 Å². The van der Waals surface area contributed by atoms with Gasteiger partial charge in [-0.25, -0.2) is 0 Å². The van der Waals surface area contributed by atoms with Crippen LogP contribution in [0.2, 0.25) is 0 Å². The van der Waals surface area contributed by atoms with Gasteiger partial charge in [-0.1, -0.05) is 12.1 Å². The van der Waals surface area contributed by atoms with E-state index < -0.39 is 0 Å². The van der Waals surface area contributed by atoms with Gasteiger partial charge in [0.25, 0.3) is 0 Å². The lowest BCUT2D eigenvalue weighted by molar-refractivity contribution is 0.407. The largest absolute Gasteiger partial charge is 0.508 e. The fourth-order valence-electron chi connectivity index (χ4n) is 1.72. The highest BCUT2D eigenvalue weighted by Crippen LogP contribution is 2.31. The van der Waals surface area contributed by atoms with Crippen LogP contribution in [0.15, 0.2) is 24.3 Å². The van der Waals surface area contributed by atoms with E-state index in [-0.39, 0.29) is 0 Å². The van der Waals surface area contributed by atoms with Crippen molar-refractivity contribution in [3.63, 3.8) is 0 Å². The predicted octanol–water partition coefficient (Wildman–Crippen LogP) is 2.54. The zero-order chi connectivity index (χ0) is 9.26. The molecule has 0 aromatic heterocycles. The van der Waals surface area contributed by atoms with Crippen LogP contribution in [0.5, 0.6) is 5.75 Å². The molecular weight excluding hydrogens is 164 g/mol. The van der Waals surface area contributed by atoms with Gasteiger partial charge in [0.05, 0.1) is 7.11 Å². The smallest absolute Gasteiger partial charge is 0.122 e. The van der Waals surface area contributed by atoms with Crippen LogP contribution < -0.4 is 4.74 Å². The molecule has 0 heterocycles. The summed E-state index contributed by atoms with van der Waals surface area (Å²) in [6, 6.07) is 5.74. The maximum Gasteiger partial charge on any atom is 0.122 e. The van der Waals surface area contributed by atoms with Crippen molar-refractivity contribution in [1.29, 1.82) is 0 Å². The van der Waals surface area contributed by atoms with Gasteiger partial charge in [-0.2, -0.15) is 0 Å². The summed E-state index contributed by atoms with van der Waals surface area (Å²) < 4.78 is 5.22. The molecule has 0 radical (unpaired) electrons. The molecule has 2 rings (SSSR count). The van der Waals surface area contributed by atoms with Crippen molar-refractivity contribution >= 4 is 5.76 Å². The molecule has 0 bridgehead atoms. The minimum atomic E-state index is 0.375. The van der Waals surface area contributed by atoms with E-state index in [0.29, 0.717) is 5.76 Å². The molecule has 0 saturated heterocycles. The molecule has 1 aromatic carbocycles. The second kappa shape index (κ2) is 3.13. The molecule has 1 aliphatic carbocycles. The normalized spacial score (nSPS) is 14.7. The van der Waals surface area contributed by atoms with Gasteiger partial charge in [-0.15, -0.1) is 0 Å². The van der Waals surface area contributed by atoms with Gasteiger partial charge in [0.1, 0.15) is 11.5 Å². The Hall–Kier alpha value is -1.44. The van der Waals surface area contributed by atoms with Crippen molar-refractivity contribution in [2.45, 2.75) is 12.8 Å². The summed E-state index contributed by atoms with van der Waals surface area (Å²) in [7, 11) is 1.66. The van der Waals surface area contributed by atoms with E-state index in [9.17, 15) is 5.11 Å². The van der Waals surface area contributed by atoms with Gasteiger partial charge in [-0.05, 0) is 25.0 Å². The van der Waals surface area contributed by atoms with Gasteiger partial charge in [-0.3, -0.25) is 0 Å². The zero-order valence-electron chi connectivity index (χ0n) is 7.58. The number of fused-ring (bicyclic) bond motifs is 1. The lowest BCUT2D eigenvalue weighted by Gasteiger charge is -2.16. The van der Waals surface area contributed by atoms with Gasteiger partial charge in [0.15, 0.2) is 0 Å². The Morgan fingerprint density at radius 2 is 2.23 bits per heavy atom. The standard InChI is InChI=1S/C11H12O2/c1-13-11-7-3-4-8-9(11)5-2-6-10(8)12/h3-4,6-7,12H,2,5H2,1H3. The third-order valence-electron chi connectivity index (χ3n) is 2.36. The van der Waals surface area contributed by atoms with E-state index in [1.807, 2.05) is 24.3 Å². The molecule has 1 aliphatic rings. The quantitative estimate of drug-likeness (QED) is 0.712. The summed E-state index contributed by atoms with van der Waals surface area (Å²) in [5, 5.41) is 9.59. The van der Waals surface area contributed by atoms with Gasteiger partial charge < -0.3 is 9.84 Å². The highest BCUT2D eigenvalue weighted by Gasteiger charge is 2.14. The van der Waals surface area contributed by atoms with Crippen molar-refractivity contribution < 1.29 is 9.84 Å². The van der Waals surface area contributed by atoms with Crippen LogP contribution in [0, 0.1) is 0 Å². The average molecular weight is 176 g/mol. The third kappa shape index (κ3) is 1.28. The topological polar surface area (TPSA) is 29.5 Å². The molecule has 13 heavy (non-hydrogen) atoms. The van der Waals surface area contributed by atoms with Crippen LogP contribution in [-0.2, 0) is 6.42 Å². The predicted molar refractivity (Wildman–Crippen MR) is 51.9 cm³/mol. The van der Waals surface area contributed by atoms with E-state index >= 15 is 0 Å². The molecule has 68 valence electrons. The fourth-order valence-corrected chi connectivity index (χ4v) is 1.72. The van der Waals surface area contributed by atoms with E-state index in [2.05, 4.69) is 0 Å². The van der Waals surface area contributed by atoms with Crippen molar-refractivity contribution in [3.05, 3.63) is 35.4 Å². The Labute approximate surface area is 77.5 Å². The second-order valence-electron chi connectivity index (χ2n) is 3.11. The maximum absolute atomic E-state index is 9.59. The van der Waals surface area contributed by atoms with E-state index in [0.717, 1.165) is 29.7 Å². The molecule has 0 amide bonds. The third-order valence-corrected chi connectivity index (χ3v) is 2.36. The number of ether oxygens (including phenoxy) is 1. The number of benzene rings is 1. The Kier molecular flexibility index (Phi) is 1.97. The van der Waals surface area contributed by atoms with Crippen molar-refractivity contribution in [2.75, 3.05) is 7.11 Å². The van der Waals surface area contributed by atoms with Crippen LogP contribution in [-0.4, -0.2) is 12.2 Å². The molecule has 0 aliphatic heterocycles. The van der Waals surface area contributed by atoms with E-state index in [1.54, 1.807) is 7.11 Å². The molecule has 0 unspecified atom stereocenters. The van der Waals surface area contributed by atoms with E-state index in [4.69, 9.17) is 4.74 Å². The molecule has 0 spiro atoms. The summed E-state index contributed by atoms with van der Waals surface area (Å²) >= 11 is 0. The Bertz CT molecular complexity index is 353. The lowest BCUT2D eigenvalue weighted by Crippen LogP contribution is -2.01. The van der Waals surface area contributed by atoms with Crippen LogP contribution in [0.4, 0.5) is 0 Å². The first-order valence-corrected chi connectivity index (χ1v) is 4.38. The zero-order valence-corrected chi connectivity index (χ0v) is 7.58. The van der Waals surface area contributed by atoms with Crippen LogP contribution in [0.25, 0.3) is 5.76 Å². The number of hydrogen-bond acceptors (Lipinski definition) is 2. The Morgan fingerprint density at radius 1 is 1.38 bits per heavy atom. The summed E-state index contributed by atoms with van der Waals surface area (Å²) in [5.74, 6) is 1.25. The van der Waals surface area contributed by atoms with E-state index in [1.165, 1.54) is 0 Å². The summed E-state index contributed by atoms with van der Waals surface area (Å²) in [4.78, 5) is 0. The van der Waals surface area contributed by atoms with Crippen LogP contribution >= 0.6 is 0 Å². The van der Waals surface area contributed by atoms with Crippen molar-refractivity contribution in [3.8, 4) is 5.75 Å². The number of aliphatic hydroxyl groups is 1. The average Bonchev–Trinajstić information content (AvgIpc) is 2.18. The van der Waals surface area contributed by atoms with Crippen LogP contribution in [0.1, 0.15) is 17.5 Å². The van der Waals surface area contributed by atoms with Crippen molar-refractivity contribution in [2.24, 2.45) is 0 Å². The van der Waals surface area contributed by atoms with Gasteiger partial charge in [0, 0.05) is 11.1 Å². The number of rotatable bonds is 1. The highest BCUT2D eigenvalue weighted by atomic mass is 16.5. The number of aliphatic hydroxyl groups excluding tert-OH is 1. The SMILES string of the molecule is COc1cccc2c1CCC=C2O. The second-order valence-corrected chi connectivity index (χ2v) is 3.11. The molecule has 2 nitrogen and oxygen atoms in total. The maximum atomic E-state index is 9.59.